The number of rotatable bonds is 4. The Balaban J connectivity index is 2.91. The summed E-state index contributed by atoms with van der Waals surface area (Å²) in [6.45, 7) is 3.56. The molecule has 0 saturated heterocycles. The van der Waals surface area contributed by atoms with Crippen molar-refractivity contribution >= 4 is 5.69 Å². The number of hydrogen-bond donors (Lipinski definition) is 1. The summed E-state index contributed by atoms with van der Waals surface area (Å²) in [5.41, 5.74) is 4.66. The van der Waals surface area contributed by atoms with Gasteiger partial charge in [0.05, 0.1) is 11.0 Å². The minimum atomic E-state index is -0.693. The van der Waals surface area contributed by atoms with Gasteiger partial charge in [-0.15, -0.1) is 0 Å². The molecular formula is C10H13FN2O3. The zero-order valence-corrected chi connectivity index (χ0v) is 9.07. The van der Waals surface area contributed by atoms with Gasteiger partial charge in [0.1, 0.15) is 12.4 Å². The minimum absolute atomic E-state index is 0.0184. The Hall–Kier alpha value is -1.69. The van der Waals surface area contributed by atoms with Crippen LogP contribution in [0, 0.1) is 15.9 Å². The molecule has 0 aliphatic heterocycles. The van der Waals surface area contributed by atoms with Gasteiger partial charge >= 0.3 is 5.69 Å². The van der Waals surface area contributed by atoms with Gasteiger partial charge < -0.3 is 10.5 Å². The molecule has 1 rings (SSSR count). The highest BCUT2D eigenvalue weighted by molar-refractivity contribution is 5.46. The standard InChI is InChI=1S/C10H13FN2O3/c1-10(2,12)6-16-9-4-3-7(11)5-8(9)13(14)15/h3-5H,6,12H2,1-2H3. The molecule has 6 heteroatoms. The Labute approximate surface area is 92.2 Å². The first-order valence-electron chi connectivity index (χ1n) is 4.65. The van der Waals surface area contributed by atoms with Crippen LogP contribution in [0.25, 0.3) is 0 Å². The van der Waals surface area contributed by atoms with Crippen LogP contribution in [0.4, 0.5) is 10.1 Å². The third-order valence-corrected chi connectivity index (χ3v) is 1.72. The molecule has 1 aromatic carbocycles. The fourth-order valence-electron chi connectivity index (χ4n) is 1.02. The summed E-state index contributed by atoms with van der Waals surface area (Å²) >= 11 is 0. The predicted octanol–water partition coefficient (Wildman–Crippen LogP) is 1.85. The van der Waals surface area contributed by atoms with Crippen molar-refractivity contribution in [1.29, 1.82) is 0 Å². The van der Waals surface area contributed by atoms with Crippen molar-refractivity contribution in [3.8, 4) is 5.75 Å². The normalized spacial score (nSPS) is 11.2. The van der Waals surface area contributed by atoms with E-state index >= 15 is 0 Å². The van der Waals surface area contributed by atoms with Gasteiger partial charge in [0.25, 0.3) is 0 Å². The third-order valence-electron chi connectivity index (χ3n) is 1.72. The smallest absolute Gasteiger partial charge is 0.313 e. The first kappa shape index (κ1) is 12.4. The van der Waals surface area contributed by atoms with Crippen molar-refractivity contribution in [2.75, 3.05) is 6.61 Å². The number of hydrogen-bond acceptors (Lipinski definition) is 4. The number of nitrogens with two attached hydrogens (primary N) is 1. The average Bonchev–Trinajstić information content (AvgIpc) is 2.14. The van der Waals surface area contributed by atoms with E-state index in [0.29, 0.717) is 0 Å². The van der Waals surface area contributed by atoms with Crippen molar-refractivity contribution in [1.82, 2.24) is 0 Å². The van der Waals surface area contributed by atoms with E-state index < -0.39 is 22.0 Å². The van der Waals surface area contributed by atoms with Crippen molar-refractivity contribution in [3.05, 3.63) is 34.1 Å². The summed E-state index contributed by atoms with van der Waals surface area (Å²) in [6, 6.07) is 3.14. The molecule has 0 aromatic heterocycles. The van der Waals surface area contributed by atoms with E-state index in [2.05, 4.69) is 0 Å². The lowest BCUT2D eigenvalue weighted by Crippen LogP contribution is -2.38. The lowest BCUT2D eigenvalue weighted by Gasteiger charge is -2.18. The summed E-state index contributed by atoms with van der Waals surface area (Å²) < 4.78 is 18.0. The first-order chi connectivity index (χ1) is 7.29. The molecule has 1 aromatic rings. The molecule has 0 aliphatic rings. The molecule has 0 fully saturated rings. The van der Waals surface area contributed by atoms with E-state index in [9.17, 15) is 14.5 Å². The predicted molar refractivity (Wildman–Crippen MR) is 56.8 cm³/mol. The number of halogens is 1. The quantitative estimate of drug-likeness (QED) is 0.630. The zero-order chi connectivity index (χ0) is 12.3. The van der Waals surface area contributed by atoms with Gasteiger partial charge in [-0.05, 0) is 26.0 Å². The maximum atomic E-state index is 12.8. The molecule has 0 bridgehead atoms. The highest BCUT2D eigenvalue weighted by Crippen LogP contribution is 2.27. The van der Waals surface area contributed by atoms with E-state index in [1.54, 1.807) is 13.8 Å². The van der Waals surface area contributed by atoms with Crippen LogP contribution in [0.5, 0.6) is 5.75 Å². The molecule has 2 N–H and O–H groups in total. The fourth-order valence-corrected chi connectivity index (χ4v) is 1.02. The zero-order valence-electron chi connectivity index (χ0n) is 9.07. The molecule has 0 spiro atoms. The second kappa shape index (κ2) is 4.44. The molecule has 0 heterocycles. The lowest BCUT2D eigenvalue weighted by molar-refractivity contribution is -0.386. The van der Waals surface area contributed by atoms with Gasteiger partial charge in [-0.25, -0.2) is 4.39 Å². The summed E-state index contributed by atoms with van der Waals surface area (Å²) in [6.07, 6.45) is 0. The van der Waals surface area contributed by atoms with Gasteiger partial charge in [-0.2, -0.15) is 0 Å². The summed E-state index contributed by atoms with van der Waals surface area (Å²) in [5, 5.41) is 10.6. The Kier molecular flexibility index (Phi) is 3.44. The fraction of sp³-hybridized carbons (Fsp3) is 0.400. The number of nitro groups is 1. The van der Waals surface area contributed by atoms with Crippen molar-refractivity contribution in [2.45, 2.75) is 19.4 Å². The Morgan fingerprint density at radius 2 is 2.19 bits per heavy atom. The van der Waals surface area contributed by atoms with Gasteiger partial charge in [0, 0.05) is 5.54 Å². The second-order valence-electron chi connectivity index (χ2n) is 4.15. The topological polar surface area (TPSA) is 78.4 Å². The maximum absolute atomic E-state index is 12.8. The van der Waals surface area contributed by atoms with E-state index in [-0.39, 0.29) is 12.4 Å². The average molecular weight is 228 g/mol. The van der Waals surface area contributed by atoms with Crippen LogP contribution in [0.2, 0.25) is 0 Å². The minimum Gasteiger partial charge on any atom is -0.485 e. The molecule has 88 valence electrons. The van der Waals surface area contributed by atoms with Crippen LogP contribution in [0.1, 0.15) is 13.8 Å². The van der Waals surface area contributed by atoms with Crippen molar-refractivity contribution in [2.24, 2.45) is 5.73 Å². The van der Waals surface area contributed by atoms with Crippen LogP contribution < -0.4 is 10.5 Å². The summed E-state index contributed by atoms with van der Waals surface area (Å²) in [5.74, 6) is -0.656. The largest absolute Gasteiger partial charge is 0.485 e. The van der Waals surface area contributed by atoms with E-state index in [1.165, 1.54) is 6.07 Å². The van der Waals surface area contributed by atoms with Crippen LogP contribution in [0.3, 0.4) is 0 Å². The second-order valence-corrected chi connectivity index (χ2v) is 4.15. The van der Waals surface area contributed by atoms with E-state index in [0.717, 1.165) is 12.1 Å². The first-order valence-corrected chi connectivity index (χ1v) is 4.65. The van der Waals surface area contributed by atoms with Gasteiger partial charge in [-0.3, -0.25) is 10.1 Å². The monoisotopic (exact) mass is 228 g/mol. The van der Waals surface area contributed by atoms with Crippen LogP contribution >= 0.6 is 0 Å². The lowest BCUT2D eigenvalue weighted by atomic mass is 10.1. The third kappa shape index (κ3) is 3.47. The highest BCUT2D eigenvalue weighted by atomic mass is 19.1. The van der Waals surface area contributed by atoms with Crippen molar-refractivity contribution in [3.63, 3.8) is 0 Å². The molecular weight excluding hydrogens is 215 g/mol. The SMILES string of the molecule is CC(C)(N)COc1ccc(F)cc1[N+](=O)[O-]. The van der Waals surface area contributed by atoms with Crippen molar-refractivity contribution < 1.29 is 14.1 Å². The highest BCUT2D eigenvalue weighted by Gasteiger charge is 2.19. The van der Waals surface area contributed by atoms with Gasteiger partial charge in [-0.1, -0.05) is 0 Å². The molecule has 0 saturated carbocycles. The number of benzene rings is 1. The van der Waals surface area contributed by atoms with Gasteiger partial charge in [0.15, 0.2) is 5.75 Å². The molecule has 5 nitrogen and oxygen atoms in total. The van der Waals surface area contributed by atoms with Crippen LogP contribution in [0.15, 0.2) is 18.2 Å². The Morgan fingerprint density at radius 1 is 1.56 bits per heavy atom. The maximum Gasteiger partial charge on any atom is 0.313 e. The Bertz CT molecular complexity index is 402. The van der Waals surface area contributed by atoms with Crippen LogP contribution in [-0.2, 0) is 0 Å². The van der Waals surface area contributed by atoms with Gasteiger partial charge in [0.2, 0.25) is 0 Å². The van der Waals surface area contributed by atoms with E-state index in [4.69, 9.17) is 10.5 Å². The molecule has 0 aliphatic carbocycles. The molecule has 0 amide bonds. The summed E-state index contributed by atoms with van der Waals surface area (Å²) in [7, 11) is 0. The number of ether oxygens (including phenoxy) is 1. The molecule has 0 atom stereocenters. The molecule has 0 radical (unpaired) electrons. The molecule has 0 unspecified atom stereocenters. The molecule has 16 heavy (non-hydrogen) atoms. The number of nitro benzene ring substituents is 1. The number of nitrogens with zero attached hydrogens (tertiary/aromatic N) is 1. The summed E-state index contributed by atoms with van der Waals surface area (Å²) in [4.78, 5) is 9.93. The van der Waals surface area contributed by atoms with E-state index in [1.807, 2.05) is 0 Å². The Morgan fingerprint density at radius 3 is 2.69 bits per heavy atom. The van der Waals surface area contributed by atoms with Crippen LogP contribution in [-0.4, -0.2) is 17.1 Å².